The van der Waals surface area contributed by atoms with Gasteiger partial charge >= 0.3 is 0 Å². The summed E-state index contributed by atoms with van der Waals surface area (Å²) >= 11 is 1.71. The Labute approximate surface area is 164 Å². The molecule has 1 aliphatic heterocycles. The Bertz CT molecular complexity index is 817. The number of hydrogen-bond acceptors (Lipinski definition) is 3. The summed E-state index contributed by atoms with van der Waals surface area (Å²) in [5.41, 5.74) is 2.34. The topological polar surface area (TPSA) is 58.2 Å². The molecule has 2 N–H and O–H groups in total. The summed E-state index contributed by atoms with van der Waals surface area (Å²) in [6, 6.07) is 12.7. The number of carbonyl (C=O) groups excluding carboxylic acids is 2. The lowest BCUT2D eigenvalue weighted by molar-refractivity contribution is -0.123. The number of amides is 2. The Morgan fingerprint density at radius 3 is 2.89 bits per heavy atom. The standard InChI is InChI=1S/C22H26N2O2S/c25-20(23-19-9-3-6-16-5-1-2-8-18(16)19)10-12-22(13-11-21(26)24-22)15-17-7-4-14-27-17/h1-2,4-5,7-8,14,19H,3,6,9-13,15H2,(H,23,25)(H,24,26)/t19-,22-/m1/s1. The second kappa shape index (κ2) is 7.85. The van der Waals surface area contributed by atoms with Crippen molar-refractivity contribution in [2.45, 2.75) is 62.9 Å². The molecule has 1 aliphatic carbocycles. The number of fused-ring (bicyclic) bond motifs is 1. The maximum absolute atomic E-state index is 12.7. The first-order valence-electron chi connectivity index (χ1n) is 9.84. The highest BCUT2D eigenvalue weighted by Crippen LogP contribution is 2.32. The SMILES string of the molecule is O=C(CC[C@]1(Cc2cccs2)CCC(=O)N1)N[C@@H]1CCCc2ccccc21. The number of thiophene rings is 1. The van der Waals surface area contributed by atoms with Gasteiger partial charge in [-0.3, -0.25) is 9.59 Å². The zero-order valence-electron chi connectivity index (χ0n) is 15.5. The summed E-state index contributed by atoms with van der Waals surface area (Å²) < 4.78 is 0. The van der Waals surface area contributed by atoms with Crippen molar-refractivity contribution in [3.63, 3.8) is 0 Å². The minimum Gasteiger partial charge on any atom is -0.350 e. The van der Waals surface area contributed by atoms with Crippen LogP contribution >= 0.6 is 11.3 Å². The molecule has 2 aliphatic rings. The molecule has 1 aromatic carbocycles. The third kappa shape index (κ3) is 4.24. The molecule has 27 heavy (non-hydrogen) atoms. The van der Waals surface area contributed by atoms with Crippen LogP contribution in [0.2, 0.25) is 0 Å². The molecule has 142 valence electrons. The number of nitrogens with one attached hydrogen (secondary N) is 2. The minimum absolute atomic E-state index is 0.0865. The number of benzene rings is 1. The van der Waals surface area contributed by atoms with Crippen molar-refractivity contribution in [3.8, 4) is 0 Å². The van der Waals surface area contributed by atoms with Crippen LogP contribution in [0.1, 0.15) is 60.6 Å². The van der Waals surface area contributed by atoms with Crippen LogP contribution in [-0.2, 0) is 22.4 Å². The highest BCUT2D eigenvalue weighted by Gasteiger charge is 2.38. The monoisotopic (exact) mass is 382 g/mol. The summed E-state index contributed by atoms with van der Waals surface area (Å²) in [5.74, 6) is 0.191. The third-order valence-electron chi connectivity index (χ3n) is 5.86. The van der Waals surface area contributed by atoms with E-state index in [9.17, 15) is 9.59 Å². The highest BCUT2D eigenvalue weighted by molar-refractivity contribution is 7.09. The van der Waals surface area contributed by atoms with Crippen molar-refractivity contribution in [2.24, 2.45) is 0 Å². The van der Waals surface area contributed by atoms with E-state index in [4.69, 9.17) is 0 Å². The number of rotatable bonds is 6. The van der Waals surface area contributed by atoms with Gasteiger partial charge < -0.3 is 10.6 Å². The number of carbonyl (C=O) groups is 2. The molecule has 2 aromatic rings. The Balaban J connectivity index is 1.38. The average Bonchev–Trinajstić information content (AvgIpc) is 3.31. The van der Waals surface area contributed by atoms with E-state index in [2.05, 4.69) is 40.3 Å². The molecule has 0 bridgehead atoms. The van der Waals surface area contributed by atoms with Gasteiger partial charge in [0.05, 0.1) is 6.04 Å². The molecule has 0 radical (unpaired) electrons. The van der Waals surface area contributed by atoms with Crippen molar-refractivity contribution in [2.75, 3.05) is 0 Å². The largest absolute Gasteiger partial charge is 0.350 e. The maximum Gasteiger partial charge on any atom is 0.220 e. The first kappa shape index (κ1) is 18.2. The van der Waals surface area contributed by atoms with Gasteiger partial charge in [-0.25, -0.2) is 0 Å². The zero-order chi connectivity index (χ0) is 18.7. The van der Waals surface area contributed by atoms with Crippen LogP contribution in [-0.4, -0.2) is 17.4 Å². The first-order chi connectivity index (χ1) is 13.1. The molecule has 5 heteroatoms. The molecule has 0 unspecified atom stereocenters. The molecule has 1 aromatic heterocycles. The number of hydrogen-bond donors (Lipinski definition) is 2. The van der Waals surface area contributed by atoms with Gasteiger partial charge in [0.1, 0.15) is 0 Å². The fourth-order valence-corrected chi connectivity index (χ4v) is 5.30. The Morgan fingerprint density at radius 2 is 2.11 bits per heavy atom. The molecule has 2 amide bonds. The maximum atomic E-state index is 12.7. The molecule has 4 nitrogen and oxygen atoms in total. The molecule has 0 spiro atoms. The first-order valence-corrected chi connectivity index (χ1v) is 10.7. The van der Waals surface area contributed by atoms with Gasteiger partial charge in [-0.2, -0.15) is 0 Å². The molecule has 1 saturated heterocycles. The summed E-state index contributed by atoms with van der Waals surface area (Å²) in [4.78, 5) is 25.8. The summed E-state index contributed by atoms with van der Waals surface area (Å²) in [7, 11) is 0. The smallest absolute Gasteiger partial charge is 0.220 e. The minimum atomic E-state index is -0.274. The van der Waals surface area contributed by atoms with Gasteiger partial charge in [0.15, 0.2) is 0 Å². The van der Waals surface area contributed by atoms with E-state index in [1.54, 1.807) is 11.3 Å². The summed E-state index contributed by atoms with van der Waals surface area (Å²) in [6.45, 7) is 0. The lowest BCUT2D eigenvalue weighted by atomic mass is 9.86. The molecule has 1 fully saturated rings. The van der Waals surface area contributed by atoms with Crippen LogP contribution in [0.4, 0.5) is 0 Å². The fourth-order valence-electron chi connectivity index (χ4n) is 4.45. The average molecular weight is 383 g/mol. The quantitative estimate of drug-likeness (QED) is 0.796. The second-order valence-electron chi connectivity index (χ2n) is 7.80. The van der Waals surface area contributed by atoms with Crippen molar-refractivity contribution in [1.29, 1.82) is 0 Å². The zero-order valence-corrected chi connectivity index (χ0v) is 16.3. The predicted octanol–water partition coefficient (Wildman–Crippen LogP) is 3.91. The van der Waals surface area contributed by atoms with Crippen LogP contribution in [0.5, 0.6) is 0 Å². The highest BCUT2D eigenvalue weighted by atomic mass is 32.1. The van der Waals surface area contributed by atoms with E-state index in [0.29, 0.717) is 19.3 Å². The normalized spacial score (nSPS) is 24.3. The predicted molar refractivity (Wildman–Crippen MR) is 108 cm³/mol. The van der Waals surface area contributed by atoms with E-state index in [-0.39, 0.29) is 23.4 Å². The lowest BCUT2D eigenvalue weighted by Gasteiger charge is -2.30. The molecular formula is C22H26N2O2S. The fraction of sp³-hybridized carbons (Fsp3) is 0.455. The molecule has 4 rings (SSSR count). The van der Waals surface area contributed by atoms with E-state index in [1.807, 2.05) is 12.1 Å². The molecule has 2 atom stereocenters. The van der Waals surface area contributed by atoms with E-state index < -0.39 is 0 Å². The van der Waals surface area contributed by atoms with Crippen LogP contribution < -0.4 is 10.6 Å². The Hall–Kier alpha value is -2.14. The molecule has 0 saturated carbocycles. The second-order valence-corrected chi connectivity index (χ2v) is 8.83. The van der Waals surface area contributed by atoms with Crippen molar-refractivity contribution in [1.82, 2.24) is 10.6 Å². The van der Waals surface area contributed by atoms with Crippen LogP contribution in [0.3, 0.4) is 0 Å². The third-order valence-corrected chi connectivity index (χ3v) is 6.74. The van der Waals surface area contributed by atoms with Crippen LogP contribution in [0.15, 0.2) is 41.8 Å². The van der Waals surface area contributed by atoms with E-state index >= 15 is 0 Å². The Morgan fingerprint density at radius 1 is 1.22 bits per heavy atom. The van der Waals surface area contributed by atoms with Gasteiger partial charge in [-0.1, -0.05) is 30.3 Å². The lowest BCUT2D eigenvalue weighted by Crippen LogP contribution is -2.44. The van der Waals surface area contributed by atoms with Crippen LogP contribution in [0, 0.1) is 0 Å². The molecule has 2 heterocycles. The number of aryl methyl sites for hydroxylation is 1. The van der Waals surface area contributed by atoms with E-state index in [1.165, 1.54) is 16.0 Å². The summed E-state index contributed by atoms with van der Waals surface area (Å²) in [5, 5.41) is 8.47. The Kier molecular flexibility index (Phi) is 5.30. The van der Waals surface area contributed by atoms with Gasteiger partial charge in [0.2, 0.25) is 11.8 Å². The van der Waals surface area contributed by atoms with E-state index in [0.717, 1.165) is 32.1 Å². The van der Waals surface area contributed by atoms with Crippen molar-refractivity contribution in [3.05, 3.63) is 57.8 Å². The van der Waals surface area contributed by atoms with Gasteiger partial charge in [-0.15, -0.1) is 11.3 Å². The van der Waals surface area contributed by atoms with Gasteiger partial charge in [-0.05, 0) is 54.7 Å². The van der Waals surface area contributed by atoms with Gasteiger partial charge in [0.25, 0.3) is 0 Å². The summed E-state index contributed by atoms with van der Waals surface area (Å²) in [6.07, 6.45) is 6.53. The van der Waals surface area contributed by atoms with Crippen molar-refractivity contribution >= 4 is 23.2 Å². The van der Waals surface area contributed by atoms with Gasteiger partial charge in [0, 0.05) is 29.7 Å². The van der Waals surface area contributed by atoms with Crippen LogP contribution in [0.25, 0.3) is 0 Å². The molecular weight excluding hydrogens is 356 g/mol. The van der Waals surface area contributed by atoms with Crippen molar-refractivity contribution < 1.29 is 9.59 Å².